The van der Waals surface area contributed by atoms with E-state index in [1.165, 1.54) is 0 Å². The van der Waals surface area contributed by atoms with Gasteiger partial charge in [-0.15, -0.1) is 0 Å². The summed E-state index contributed by atoms with van der Waals surface area (Å²) in [6.45, 7) is 1.79. The van der Waals surface area contributed by atoms with Crippen molar-refractivity contribution in [1.82, 2.24) is 10.3 Å². The number of nitrogens with zero attached hydrogens (tertiary/aromatic N) is 1. The van der Waals surface area contributed by atoms with E-state index in [2.05, 4.69) is 31.5 Å². The van der Waals surface area contributed by atoms with Gasteiger partial charge < -0.3 is 10.6 Å². The molecular weight excluding hydrogens is 270 g/mol. The third-order valence-electron chi connectivity index (χ3n) is 2.66. The summed E-state index contributed by atoms with van der Waals surface area (Å²) in [7, 11) is 0. The molecule has 16 heavy (non-hydrogen) atoms. The van der Waals surface area contributed by atoms with Gasteiger partial charge in [0.05, 0.1) is 17.8 Å². The van der Waals surface area contributed by atoms with E-state index < -0.39 is 0 Å². The lowest BCUT2D eigenvalue weighted by molar-refractivity contribution is -0.120. The number of rotatable bonds is 2. The summed E-state index contributed by atoms with van der Waals surface area (Å²) >= 11 is 3.25. The maximum absolute atomic E-state index is 11.9. The van der Waals surface area contributed by atoms with Crippen LogP contribution < -0.4 is 10.6 Å². The lowest BCUT2D eigenvalue weighted by atomic mass is 9.99. The standard InChI is InChI=1S/C11H14BrN3O/c12-10-4-3-9(7-14-10)15-11(16)8-2-1-5-13-6-8/h3-4,7-8,13H,1-2,5-6H2,(H,15,16)/t8-/m1/s1. The lowest BCUT2D eigenvalue weighted by Crippen LogP contribution is -2.37. The smallest absolute Gasteiger partial charge is 0.228 e. The molecule has 1 aromatic rings. The molecule has 4 nitrogen and oxygen atoms in total. The van der Waals surface area contributed by atoms with Gasteiger partial charge >= 0.3 is 0 Å². The number of carbonyl (C=O) groups excluding carboxylic acids is 1. The second kappa shape index (κ2) is 5.41. The monoisotopic (exact) mass is 283 g/mol. The van der Waals surface area contributed by atoms with Gasteiger partial charge in [-0.3, -0.25) is 4.79 Å². The largest absolute Gasteiger partial charge is 0.324 e. The molecule has 86 valence electrons. The molecule has 1 aliphatic rings. The number of anilines is 1. The molecule has 2 N–H and O–H groups in total. The molecule has 1 amide bonds. The van der Waals surface area contributed by atoms with Crippen molar-refractivity contribution in [1.29, 1.82) is 0 Å². The quantitative estimate of drug-likeness (QED) is 0.814. The molecule has 5 heteroatoms. The first-order valence-corrected chi connectivity index (χ1v) is 6.18. The molecule has 1 atom stereocenters. The summed E-state index contributed by atoms with van der Waals surface area (Å²) in [4.78, 5) is 15.9. The molecule has 1 fully saturated rings. The van der Waals surface area contributed by atoms with E-state index in [-0.39, 0.29) is 11.8 Å². The fraction of sp³-hybridized carbons (Fsp3) is 0.455. The van der Waals surface area contributed by atoms with Crippen LogP contribution in [-0.4, -0.2) is 24.0 Å². The van der Waals surface area contributed by atoms with Crippen molar-refractivity contribution in [3.63, 3.8) is 0 Å². The molecule has 1 aliphatic heterocycles. The Hall–Kier alpha value is -0.940. The molecule has 2 heterocycles. The van der Waals surface area contributed by atoms with Gasteiger partial charge in [-0.25, -0.2) is 4.98 Å². The maximum atomic E-state index is 11.9. The van der Waals surface area contributed by atoms with Crippen molar-refractivity contribution >= 4 is 27.5 Å². The number of piperidine rings is 1. The van der Waals surface area contributed by atoms with Crippen LogP contribution in [0.1, 0.15) is 12.8 Å². The first-order chi connectivity index (χ1) is 7.75. The van der Waals surface area contributed by atoms with Crippen molar-refractivity contribution in [3.8, 4) is 0 Å². The Bertz CT molecular complexity index is 360. The number of carbonyl (C=O) groups is 1. The molecule has 1 aromatic heterocycles. The van der Waals surface area contributed by atoms with Crippen LogP contribution in [0.4, 0.5) is 5.69 Å². The molecule has 1 saturated heterocycles. The van der Waals surface area contributed by atoms with Crippen LogP contribution >= 0.6 is 15.9 Å². The van der Waals surface area contributed by atoms with Crippen LogP contribution in [0.25, 0.3) is 0 Å². The normalized spacial score (nSPS) is 20.4. The van der Waals surface area contributed by atoms with Gasteiger partial charge in [0.15, 0.2) is 0 Å². The Morgan fingerprint density at radius 2 is 2.44 bits per heavy atom. The topological polar surface area (TPSA) is 54.0 Å². The van der Waals surface area contributed by atoms with E-state index in [0.717, 1.165) is 36.2 Å². The van der Waals surface area contributed by atoms with Crippen LogP contribution in [0.3, 0.4) is 0 Å². The van der Waals surface area contributed by atoms with Crippen LogP contribution in [0.5, 0.6) is 0 Å². The molecule has 0 saturated carbocycles. The third kappa shape index (κ3) is 3.02. The Morgan fingerprint density at radius 1 is 1.56 bits per heavy atom. The zero-order chi connectivity index (χ0) is 11.4. The van der Waals surface area contributed by atoms with Crippen molar-refractivity contribution < 1.29 is 4.79 Å². The van der Waals surface area contributed by atoms with Crippen LogP contribution in [-0.2, 0) is 4.79 Å². The minimum atomic E-state index is 0.0799. The average molecular weight is 284 g/mol. The number of aromatic nitrogens is 1. The van der Waals surface area contributed by atoms with E-state index in [1.54, 1.807) is 6.20 Å². The first kappa shape index (κ1) is 11.5. The highest BCUT2D eigenvalue weighted by Crippen LogP contribution is 2.15. The van der Waals surface area contributed by atoms with E-state index >= 15 is 0 Å². The zero-order valence-electron chi connectivity index (χ0n) is 8.87. The highest BCUT2D eigenvalue weighted by Gasteiger charge is 2.20. The molecule has 0 aliphatic carbocycles. The van der Waals surface area contributed by atoms with Gasteiger partial charge in [-0.05, 0) is 47.4 Å². The van der Waals surface area contributed by atoms with E-state index in [4.69, 9.17) is 0 Å². The maximum Gasteiger partial charge on any atom is 0.228 e. The molecule has 0 spiro atoms. The van der Waals surface area contributed by atoms with E-state index in [1.807, 2.05) is 12.1 Å². The Balaban J connectivity index is 1.93. The van der Waals surface area contributed by atoms with E-state index in [0.29, 0.717) is 0 Å². The number of nitrogens with one attached hydrogen (secondary N) is 2. The van der Waals surface area contributed by atoms with Crippen molar-refractivity contribution in [2.24, 2.45) is 5.92 Å². The fourth-order valence-electron chi connectivity index (χ4n) is 1.77. The minimum absolute atomic E-state index is 0.0799. The molecular formula is C11H14BrN3O. The van der Waals surface area contributed by atoms with Gasteiger partial charge in [0.25, 0.3) is 0 Å². The van der Waals surface area contributed by atoms with Crippen LogP contribution in [0.2, 0.25) is 0 Å². The number of pyridine rings is 1. The Kier molecular flexibility index (Phi) is 3.90. The zero-order valence-corrected chi connectivity index (χ0v) is 10.5. The summed E-state index contributed by atoms with van der Waals surface area (Å²) in [6.07, 6.45) is 3.68. The SMILES string of the molecule is O=C(Nc1ccc(Br)nc1)[C@@H]1CCCNC1. The minimum Gasteiger partial charge on any atom is -0.324 e. The lowest BCUT2D eigenvalue weighted by Gasteiger charge is -2.21. The first-order valence-electron chi connectivity index (χ1n) is 5.39. The second-order valence-electron chi connectivity index (χ2n) is 3.90. The van der Waals surface area contributed by atoms with E-state index in [9.17, 15) is 4.79 Å². The van der Waals surface area contributed by atoms with Gasteiger partial charge in [0, 0.05) is 6.54 Å². The van der Waals surface area contributed by atoms with Gasteiger partial charge in [-0.1, -0.05) is 0 Å². The molecule has 0 bridgehead atoms. The number of hydrogen-bond donors (Lipinski definition) is 2. The summed E-state index contributed by atoms with van der Waals surface area (Å²) in [5.41, 5.74) is 0.749. The molecule has 0 aromatic carbocycles. The van der Waals surface area contributed by atoms with Crippen molar-refractivity contribution in [2.75, 3.05) is 18.4 Å². The Labute approximate surface area is 103 Å². The number of hydrogen-bond acceptors (Lipinski definition) is 3. The molecule has 0 unspecified atom stereocenters. The summed E-state index contributed by atoms with van der Waals surface area (Å²) < 4.78 is 0.768. The average Bonchev–Trinajstić information content (AvgIpc) is 2.33. The van der Waals surface area contributed by atoms with Gasteiger partial charge in [-0.2, -0.15) is 0 Å². The van der Waals surface area contributed by atoms with Crippen molar-refractivity contribution in [2.45, 2.75) is 12.8 Å². The molecule has 0 radical (unpaired) electrons. The van der Waals surface area contributed by atoms with Crippen molar-refractivity contribution in [3.05, 3.63) is 22.9 Å². The summed E-state index contributed by atoms with van der Waals surface area (Å²) in [5, 5.41) is 6.10. The third-order valence-corrected chi connectivity index (χ3v) is 3.13. The van der Waals surface area contributed by atoms with Crippen LogP contribution in [0.15, 0.2) is 22.9 Å². The highest BCUT2D eigenvalue weighted by atomic mass is 79.9. The molecule has 2 rings (SSSR count). The fourth-order valence-corrected chi connectivity index (χ4v) is 2.00. The summed E-state index contributed by atoms with van der Waals surface area (Å²) in [5.74, 6) is 0.161. The number of amides is 1. The van der Waals surface area contributed by atoms with Gasteiger partial charge in [0.1, 0.15) is 4.60 Å². The predicted molar refractivity (Wildman–Crippen MR) is 66.2 cm³/mol. The van der Waals surface area contributed by atoms with Crippen LogP contribution in [0, 0.1) is 5.92 Å². The predicted octanol–water partition coefficient (Wildman–Crippen LogP) is 1.78. The van der Waals surface area contributed by atoms with Gasteiger partial charge in [0.2, 0.25) is 5.91 Å². The summed E-state index contributed by atoms with van der Waals surface area (Å²) in [6, 6.07) is 3.65. The Morgan fingerprint density at radius 3 is 3.06 bits per heavy atom. The number of halogens is 1. The highest BCUT2D eigenvalue weighted by molar-refractivity contribution is 9.10. The second-order valence-corrected chi connectivity index (χ2v) is 4.71.